The van der Waals surface area contributed by atoms with Crippen molar-refractivity contribution in [3.63, 3.8) is 0 Å². The van der Waals surface area contributed by atoms with E-state index in [4.69, 9.17) is 14.2 Å². The van der Waals surface area contributed by atoms with E-state index in [0.29, 0.717) is 19.3 Å². The minimum absolute atomic E-state index is 0.0899. The maximum absolute atomic E-state index is 12.7. The van der Waals surface area contributed by atoms with Gasteiger partial charge in [-0.25, -0.2) is 0 Å². The molecule has 316 valence electrons. The molecular weight excluding hydrogens is 685 g/mol. The quantitative estimate of drug-likeness (QED) is 0.0267. The zero-order valence-corrected chi connectivity index (χ0v) is 35.9. The summed E-state index contributed by atoms with van der Waals surface area (Å²) in [6.07, 6.45) is 52.1. The number of hydrogen-bond acceptors (Lipinski definition) is 6. The Morgan fingerprint density at radius 2 is 0.709 bits per heavy atom. The molecule has 0 aliphatic rings. The van der Waals surface area contributed by atoms with E-state index in [2.05, 4.69) is 81.5 Å². The minimum Gasteiger partial charge on any atom is -0.462 e. The lowest BCUT2D eigenvalue weighted by Gasteiger charge is -2.18. The van der Waals surface area contributed by atoms with Gasteiger partial charge < -0.3 is 14.2 Å². The van der Waals surface area contributed by atoms with Crippen LogP contribution in [-0.4, -0.2) is 37.2 Å². The predicted molar refractivity (Wildman–Crippen MR) is 233 cm³/mol. The third kappa shape index (κ3) is 42.1. The molecule has 0 aromatic heterocycles. The minimum atomic E-state index is -0.790. The van der Waals surface area contributed by atoms with Gasteiger partial charge in [0, 0.05) is 19.3 Å². The molecule has 0 N–H and O–H groups in total. The van der Waals surface area contributed by atoms with Crippen LogP contribution in [0.4, 0.5) is 0 Å². The summed E-state index contributed by atoms with van der Waals surface area (Å²) in [5, 5.41) is 0. The van der Waals surface area contributed by atoms with Crippen molar-refractivity contribution >= 4 is 17.9 Å². The molecule has 55 heavy (non-hydrogen) atoms. The van der Waals surface area contributed by atoms with Gasteiger partial charge in [-0.15, -0.1) is 0 Å². The summed E-state index contributed by atoms with van der Waals surface area (Å²) in [5.41, 5.74) is 0. The number of hydrogen-bond donors (Lipinski definition) is 0. The average Bonchev–Trinajstić information content (AvgIpc) is 3.18. The van der Waals surface area contributed by atoms with E-state index < -0.39 is 6.10 Å². The van der Waals surface area contributed by atoms with Gasteiger partial charge in [0.15, 0.2) is 6.10 Å². The molecule has 6 nitrogen and oxygen atoms in total. The van der Waals surface area contributed by atoms with Crippen LogP contribution in [0.25, 0.3) is 0 Å². The Balaban J connectivity index is 4.42. The van der Waals surface area contributed by atoms with Crippen molar-refractivity contribution in [1.29, 1.82) is 0 Å². The molecule has 6 heteroatoms. The molecule has 0 aliphatic carbocycles. The third-order valence-electron chi connectivity index (χ3n) is 9.54. The molecule has 0 aromatic carbocycles. The highest BCUT2D eigenvalue weighted by Crippen LogP contribution is 2.14. The van der Waals surface area contributed by atoms with Crippen LogP contribution in [0.2, 0.25) is 0 Å². The molecule has 1 atom stereocenters. The molecule has 0 amide bonds. The van der Waals surface area contributed by atoms with Crippen LogP contribution in [0.3, 0.4) is 0 Å². The van der Waals surface area contributed by atoms with Gasteiger partial charge >= 0.3 is 17.9 Å². The van der Waals surface area contributed by atoms with Gasteiger partial charge in [-0.1, -0.05) is 197 Å². The number of allylic oxidation sites excluding steroid dienone is 10. The van der Waals surface area contributed by atoms with Crippen LogP contribution < -0.4 is 0 Å². The first-order chi connectivity index (χ1) is 27.0. The second-order valence-electron chi connectivity index (χ2n) is 14.9. The fourth-order valence-corrected chi connectivity index (χ4v) is 6.12. The first-order valence-electron chi connectivity index (χ1n) is 22.8. The van der Waals surface area contributed by atoms with E-state index in [-0.39, 0.29) is 37.5 Å². The van der Waals surface area contributed by atoms with Crippen molar-refractivity contribution in [1.82, 2.24) is 0 Å². The van der Waals surface area contributed by atoms with Gasteiger partial charge in [0.1, 0.15) is 13.2 Å². The van der Waals surface area contributed by atoms with Crippen molar-refractivity contribution in [3.05, 3.63) is 60.8 Å². The smallest absolute Gasteiger partial charge is 0.306 e. The summed E-state index contributed by atoms with van der Waals surface area (Å²) < 4.78 is 16.6. The summed E-state index contributed by atoms with van der Waals surface area (Å²) in [5.74, 6) is -0.957. The molecule has 0 heterocycles. The number of carbonyl (C=O) groups is 3. The summed E-state index contributed by atoms with van der Waals surface area (Å²) in [4.78, 5) is 37.6. The monoisotopic (exact) mass is 769 g/mol. The zero-order chi connectivity index (χ0) is 40.1. The van der Waals surface area contributed by atoms with Gasteiger partial charge in [0.2, 0.25) is 0 Å². The molecule has 0 radical (unpaired) electrons. The molecule has 0 spiro atoms. The topological polar surface area (TPSA) is 78.9 Å². The second-order valence-corrected chi connectivity index (χ2v) is 14.9. The van der Waals surface area contributed by atoms with Gasteiger partial charge in [-0.05, 0) is 57.8 Å². The van der Waals surface area contributed by atoms with E-state index in [1.807, 2.05) is 0 Å². The molecule has 1 unspecified atom stereocenters. The van der Waals surface area contributed by atoms with Gasteiger partial charge in [-0.3, -0.25) is 14.4 Å². The fourth-order valence-electron chi connectivity index (χ4n) is 6.12. The van der Waals surface area contributed by atoms with E-state index >= 15 is 0 Å². The summed E-state index contributed by atoms with van der Waals surface area (Å²) in [6.45, 7) is 6.43. The normalized spacial score (nSPS) is 12.6. The molecule has 0 saturated carbocycles. The van der Waals surface area contributed by atoms with Crippen molar-refractivity contribution in [2.24, 2.45) is 0 Å². The summed E-state index contributed by atoms with van der Waals surface area (Å²) >= 11 is 0. The Morgan fingerprint density at radius 1 is 0.382 bits per heavy atom. The van der Waals surface area contributed by atoms with Crippen LogP contribution in [0.1, 0.15) is 213 Å². The van der Waals surface area contributed by atoms with Crippen molar-refractivity contribution in [2.75, 3.05) is 13.2 Å². The van der Waals surface area contributed by atoms with Gasteiger partial charge in [0.25, 0.3) is 0 Å². The Labute approximate surface area is 339 Å². The van der Waals surface area contributed by atoms with E-state index in [1.54, 1.807) is 0 Å². The summed E-state index contributed by atoms with van der Waals surface area (Å²) in [7, 11) is 0. The fraction of sp³-hybridized carbons (Fsp3) is 0.735. The highest BCUT2D eigenvalue weighted by atomic mass is 16.6. The second kappa shape index (κ2) is 43.8. The largest absolute Gasteiger partial charge is 0.462 e. The highest BCUT2D eigenvalue weighted by Gasteiger charge is 2.19. The predicted octanol–water partition coefficient (Wildman–Crippen LogP) is 14.5. The number of ether oxygens (including phenoxy) is 3. The SMILES string of the molecule is CC/C=C\C/C=C\C/C=C\C/C=C\C/C=C\CCCC(=O)OCC(COC(=O)CCCCCCCCCC)OC(=O)CCCCCCCCCCCCCC. The number of carbonyl (C=O) groups excluding carboxylic acids is 3. The molecule has 0 saturated heterocycles. The average molecular weight is 769 g/mol. The Kier molecular flexibility index (Phi) is 41.5. The molecule has 0 rings (SSSR count). The van der Waals surface area contributed by atoms with E-state index in [0.717, 1.165) is 77.0 Å². The Bertz CT molecular complexity index is 1020. The summed E-state index contributed by atoms with van der Waals surface area (Å²) in [6, 6.07) is 0. The van der Waals surface area contributed by atoms with Crippen LogP contribution >= 0.6 is 0 Å². The number of unbranched alkanes of at least 4 members (excludes halogenated alkanes) is 19. The maximum Gasteiger partial charge on any atom is 0.306 e. The van der Waals surface area contributed by atoms with Crippen LogP contribution in [0.5, 0.6) is 0 Å². The Morgan fingerprint density at radius 3 is 1.11 bits per heavy atom. The van der Waals surface area contributed by atoms with Gasteiger partial charge in [0.05, 0.1) is 0 Å². The first-order valence-corrected chi connectivity index (χ1v) is 22.8. The Hall–Kier alpha value is -2.89. The lowest BCUT2D eigenvalue weighted by atomic mass is 10.0. The lowest BCUT2D eigenvalue weighted by molar-refractivity contribution is -0.167. The molecule has 0 bridgehead atoms. The van der Waals surface area contributed by atoms with Crippen molar-refractivity contribution in [3.8, 4) is 0 Å². The molecular formula is C49H84O6. The van der Waals surface area contributed by atoms with Crippen molar-refractivity contribution in [2.45, 2.75) is 219 Å². The van der Waals surface area contributed by atoms with E-state index in [1.165, 1.54) is 89.9 Å². The standard InChI is InChI=1S/C49H84O6/c1-4-7-10-13-16-19-21-23-24-25-26-27-29-30-33-36-39-42-48(51)54-45-46(44-53-47(50)41-38-35-32-18-15-12-9-6-3)55-49(52)43-40-37-34-31-28-22-20-17-14-11-8-5-2/h7,10,16,19,23-24,26-27,30,33,46H,4-6,8-9,11-15,17-18,20-22,25,28-29,31-32,34-45H2,1-3H3/b10-7-,19-16-,24-23-,27-26-,33-30-. The lowest BCUT2D eigenvalue weighted by Crippen LogP contribution is -2.30. The van der Waals surface area contributed by atoms with Gasteiger partial charge in [-0.2, -0.15) is 0 Å². The molecule has 0 aromatic rings. The number of rotatable bonds is 40. The highest BCUT2D eigenvalue weighted by molar-refractivity contribution is 5.71. The van der Waals surface area contributed by atoms with Crippen LogP contribution in [-0.2, 0) is 28.6 Å². The van der Waals surface area contributed by atoms with Crippen LogP contribution in [0, 0.1) is 0 Å². The van der Waals surface area contributed by atoms with E-state index in [9.17, 15) is 14.4 Å². The van der Waals surface area contributed by atoms with Crippen LogP contribution in [0.15, 0.2) is 60.8 Å². The maximum atomic E-state index is 12.7. The molecule has 0 aliphatic heterocycles. The zero-order valence-electron chi connectivity index (χ0n) is 35.9. The van der Waals surface area contributed by atoms with Crippen molar-refractivity contribution < 1.29 is 28.6 Å². The molecule has 0 fully saturated rings. The number of esters is 3. The first kappa shape index (κ1) is 52.1. The third-order valence-corrected chi connectivity index (χ3v) is 9.54.